The average molecular weight is 287 g/mol. The van der Waals surface area contributed by atoms with E-state index in [0.29, 0.717) is 13.1 Å². The normalized spacial score (nSPS) is 24.6. The van der Waals surface area contributed by atoms with E-state index in [4.69, 9.17) is 0 Å². The van der Waals surface area contributed by atoms with E-state index in [1.165, 1.54) is 0 Å². The van der Waals surface area contributed by atoms with E-state index in [0.717, 1.165) is 0 Å². The van der Waals surface area contributed by atoms with Crippen molar-refractivity contribution in [2.45, 2.75) is 50.6 Å². The molecule has 0 amide bonds. The molecule has 2 aliphatic rings. The molecule has 2 nitrogen and oxygen atoms in total. The van der Waals surface area contributed by atoms with Crippen molar-refractivity contribution < 1.29 is 26.7 Å². The van der Waals surface area contributed by atoms with Gasteiger partial charge in [0.25, 0.3) is 0 Å². The van der Waals surface area contributed by atoms with Crippen molar-refractivity contribution in [2.75, 3.05) is 13.1 Å². The summed E-state index contributed by atoms with van der Waals surface area (Å²) in [5.74, 6) is -3.65. The van der Waals surface area contributed by atoms with Crippen molar-refractivity contribution >= 4 is 5.78 Å². The topological polar surface area (TPSA) is 29.1 Å². The maximum absolute atomic E-state index is 12.2. The third kappa shape index (κ3) is 6.31. The van der Waals surface area contributed by atoms with Crippen molar-refractivity contribution in [2.24, 2.45) is 5.92 Å². The molecule has 2 rings (SSSR count). The summed E-state index contributed by atoms with van der Waals surface area (Å²) >= 11 is 0. The van der Waals surface area contributed by atoms with Crippen molar-refractivity contribution in [1.29, 1.82) is 0 Å². The maximum atomic E-state index is 12.2. The van der Waals surface area contributed by atoms with Crippen molar-refractivity contribution in [3.63, 3.8) is 0 Å². The highest BCUT2D eigenvalue weighted by atomic mass is 19.4. The molecule has 1 heterocycles. The van der Waals surface area contributed by atoms with Gasteiger partial charge in [-0.2, -0.15) is 13.2 Å². The summed E-state index contributed by atoms with van der Waals surface area (Å²) in [7, 11) is 0. The van der Waals surface area contributed by atoms with Gasteiger partial charge in [-0.3, -0.25) is 4.79 Å². The third-order valence-corrected chi connectivity index (χ3v) is 3.34. The number of alkyl halides is 5. The summed E-state index contributed by atoms with van der Waals surface area (Å²) in [5.41, 5.74) is 0. The SMILES string of the molecule is FC(F)(F)C1CCNCC1.O=C1CCC(F)(F)CC1. The van der Waals surface area contributed by atoms with E-state index >= 15 is 0 Å². The lowest BCUT2D eigenvalue weighted by Crippen LogP contribution is -2.35. The van der Waals surface area contributed by atoms with Crippen LogP contribution in [0.15, 0.2) is 0 Å². The summed E-state index contributed by atoms with van der Waals surface area (Å²) in [5, 5.41) is 2.89. The van der Waals surface area contributed by atoms with E-state index in [1.807, 2.05) is 0 Å². The highest BCUT2D eigenvalue weighted by Crippen LogP contribution is 2.32. The number of carbonyl (C=O) groups excluding carboxylic acids is 1. The predicted molar refractivity (Wildman–Crippen MR) is 60.1 cm³/mol. The minimum atomic E-state index is -3.97. The van der Waals surface area contributed by atoms with Gasteiger partial charge in [0.2, 0.25) is 5.92 Å². The van der Waals surface area contributed by atoms with Crippen LogP contribution in [-0.4, -0.2) is 31.0 Å². The molecule has 7 heteroatoms. The Bertz CT molecular complexity index is 285. The molecule has 0 radical (unpaired) electrons. The number of piperidine rings is 1. The van der Waals surface area contributed by atoms with Crippen LogP contribution in [0.4, 0.5) is 22.0 Å². The molecule has 2 fully saturated rings. The number of carbonyl (C=O) groups is 1. The smallest absolute Gasteiger partial charge is 0.317 e. The van der Waals surface area contributed by atoms with Crippen molar-refractivity contribution in [3.05, 3.63) is 0 Å². The number of halogens is 5. The zero-order valence-electron chi connectivity index (χ0n) is 10.5. The van der Waals surface area contributed by atoms with Crippen LogP contribution in [0.1, 0.15) is 38.5 Å². The van der Waals surface area contributed by atoms with E-state index in [2.05, 4.69) is 5.32 Å². The molecule has 0 spiro atoms. The third-order valence-electron chi connectivity index (χ3n) is 3.34. The standard InChI is InChI=1S/C6H10F3N.C6H8F2O/c7-6(8,9)5-1-3-10-4-2-5;7-6(8)3-1-5(9)2-4-6/h5,10H,1-4H2;1-4H2. The van der Waals surface area contributed by atoms with Crippen LogP contribution in [0.25, 0.3) is 0 Å². The molecular formula is C12H18F5NO. The average Bonchev–Trinajstić information content (AvgIpc) is 2.34. The molecular weight excluding hydrogens is 269 g/mol. The van der Waals surface area contributed by atoms with Gasteiger partial charge in [-0.25, -0.2) is 8.78 Å². The van der Waals surface area contributed by atoms with Gasteiger partial charge in [-0.15, -0.1) is 0 Å². The molecule has 112 valence electrons. The minimum Gasteiger partial charge on any atom is -0.317 e. The van der Waals surface area contributed by atoms with E-state index < -0.39 is 18.0 Å². The fraction of sp³-hybridized carbons (Fsp3) is 0.917. The summed E-state index contributed by atoms with van der Waals surface area (Å²) in [4.78, 5) is 10.4. The number of rotatable bonds is 0. The van der Waals surface area contributed by atoms with Crippen LogP contribution >= 0.6 is 0 Å². The fourth-order valence-corrected chi connectivity index (χ4v) is 2.04. The van der Waals surface area contributed by atoms with Gasteiger partial charge in [0.05, 0.1) is 5.92 Å². The van der Waals surface area contributed by atoms with Gasteiger partial charge in [-0.1, -0.05) is 0 Å². The van der Waals surface area contributed by atoms with E-state index in [1.54, 1.807) is 0 Å². The van der Waals surface area contributed by atoms with Gasteiger partial charge in [0.1, 0.15) is 5.78 Å². The molecule has 1 saturated carbocycles. The fourth-order valence-electron chi connectivity index (χ4n) is 2.04. The second kappa shape index (κ2) is 6.63. The lowest BCUT2D eigenvalue weighted by atomic mass is 9.96. The van der Waals surface area contributed by atoms with Gasteiger partial charge in [-0.05, 0) is 25.9 Å². The first-order valence-corrected chi connectivity index (χ1v) is 6.38. The summed E-state index contributed by atoms with van der Waals surface area (Å²) < 4.78 is 60.2. The molecule has 1 N–H and O–H groups in total. The highest BCUT2D eigenvalue weighted by Gasteiger charge is 2.39. The zero-order chi connectivity index (χ0) is 14.5. The van der Waals surface area contributed by atoms with Crippen LogP contribution < -0.4 is 5.32 Å². The first kappa shape index (κ1) is 16.3. The van der Waals surface area contributed by atoms with Crippen LogP contribution in [-0.2, 0) is 4.79 Å². The van der Waals surface area contributed by atoms with Crippen LogP contribution in [0.5, 0.6) is 0 Å². The Balaban J connectivity index is 0.000000191. The van der Waals surface area contributed by atoms with Crippen molar-refractivity contribution in [1.82, 2.24) is 5.32 Å². The molecule has 1 aliphatic carbocycles. The van der Waals surface area contributed by atoms with Gasteiger partial charge in [0.15, 0.2) is 0 Å². The second-order valence-electron chi connectivity index (χ2n) is 4.96. The number of Topliss-reactive ketones (excluding diaryl/α,β-unsaturated/α-hetero) is 1. The summed E-state index contributed by atoms with van der Waals surface area (Å²) in [6, 6.07) is 0. The first-order valence-electron chi connectivity index (χ1n) is 6.38. The molecule has 1 aliphatic heterocycles. The number of ketones is 1. The molecule has 1 saturated heterocycles. The summed E-state index contributed by atoms with van der Waals surface area (Å²) in [6.45, 7) is 1.01. The number of nitrogens with one attached hydrogen (secondary N) is 1. The van der Waals surface area contributed by atoms with E-state index in [-0.39, 0.29) is 44.3 Å². The monoisotopic (exact) mass is 287 g/mol. The number of hydrogen-bond donors (Lipinski definition) is 1. The quantitative estimate of drug-likeness (QED) is 0.693. The van der Waals surface area contributed by atoms with Gasteiger partial charge < -0.3 is 5.32 Å². The lowest BCUT2D eigenvalue weighted by Gasteiger charge is -2.24. The Morgan fingerprint density at radius 1 is 1.05 bits per heavy atom. The van der Waals surface area contributed by atoms with Gasteiger partial charge >= 0.3 is 6.18 Å². The van der Waals surface area contributed by atoms with E-state index in [9.17, 15) is 26.7 Å². The van der Waals surface area contributed by atoms with Crippen molar-refractivity contribution in [3.8, 4) is 0 Å². The molecule has 0 aromatic carbocycles. The first-order chi connectivity index (χ1) is 8.71. The predicted octanol–water partition coefficient (Wildman–Crippen LogP) is 3.31. The molecule has 0 bridgehead atoms. The molecule has 0 aromatic rings. The van der Waals surface area contributed by atoms with Crippen LogP contribution in [0, 0.1) is 5.92 Å². The second-order valence-corrected chi connectivity index (χ2v) is 4.96. The van der Waals surface area contributed by atoms with Gasteiger partial charge in [0, 0.05) is 25.7 Å². The largest absolute Gasteiger partial charge is 0.391 e. The zero-order valence-corrected chi connectivity index (χ0v) is 10.5. The Morgan fingerprint density at radius 3 is 1.84 bits per heavy atom. The molecule has 19 heavy (non-hydrogen) atoms. The molecule has 0 atom stereocenters. The molecule has 0 aromatic heterocycles. The van der Waals surface area contributed by atoms with Crippen LogP contribution in [0.2, 0.25) is 0 Å². The van der Waals surface area contributed by atoms with Crippen LogP contribution in [0.3, 0.4) is 0 Å². The minimum absolute atomic E-state index is 0.0269. The Morgan fingerprint density at radius 2 is 1.53 bits per heavy atom. The Hall–Kier alpha value is -0.720. The maximum Gasteiger partial charge on any atom is 0.391 e. The number of hydrogen-bond acceptors (Lipinski definition) is 2. The lowest BCUT2D eigenvalue weighted by molar-refractivity contribution is -0.180. The molecule has 0 unspecified atom stereocenters. The Kier molecular flexibility index (Phi) is 5.70. The highest BCUT2D eigenvalue weighted by molar-refractivity contribution is 5.79. The Labute approximate surface area is 108 Å². The summed E-state index contributed by atoms with van der Waals surface area (Å²) in [6.07, 6.45) is -3.85.